The Bertz CT molecular complexity index is 1160. The lowest BCUT2D eigenvalue weighted by Gasteiger charge is -2.33. The number of likely N-dealkylation sites (tertiary alicyclic amines) is 2. The van der Waals surface area contributed by atoms with Gasteiger partial charge >= 0.3 is 6.18 Å². The molecule has 1 saturated carbocycles. The molecule has 0 N–H and O–H groups in total. The normalized spacial score (nSPS) is 20.9. The summed E-state index contributed by atoms with van der Waals surface area (Å²) in [5.74, 6) is 0.122. The molecule has 0 radical (unpaired) electrons. The summed E-state index contributed by atoms with van der Waals surface area (Å²) in [5, 5.41) is 4.66. The average Bonchev–Trinajstić information content (AvgIpc) is 3.42. The third-order valence-corrected chi connectivity index (χ3v) is 7.93. The molecule has 2 amide bonds. The van der Waals surface area contributed by atoms with Gasteiger partial charge in [-0.3, -0.25) is 19.2 Å². The Labute approximate surface area is 227 Å². The maximum Gasteiger partial charge on any atom is 0.416 e. The van der Waals surface area contributed by atoms with Crippen molar-refractivity contribution in [3.05, 3.63) is 52.8 Å². The first kappa shape index (κ1) is 28.4. The minimum absolute atomic E-state index is 0. The number of amides is 2. The van der Waals surface area contributed by atoms with Crippen LogP contribution >= 0.6 is 12.4 Å². The number of alkyl halides is 3. The first-order valence-electron chi connectivity index (χ1n) is 13.1. The second kappa shape index (κ2) is 11.3. The molecule has 1 aromatic carbocycles. The van der Waals surface area contributed by atoms with Gasteiger partial charge in [0.1, 0.15) is 0 Å². The number of halogens is 4. The number of aromatic nitrogens is 2. The number of nitrogens with zero attached hydrogens (tertiary/aromatic N) is 5. The van der Waals surface area contributed by atoms with Crippen LogP contribution in [0.3, 0.4) is 0 Å². The summed E-state index contributed by atoms with van der Waals surface area (Å²) in [6, 6.07) is 5.14. The first-order chi connectivity index (χ1) is 17.6. The molecule has 3 fully saturated rings. The van der Waals surface area contributed by atoms with Gasteiger partial charge in [0.15, 0.2) is 0 Å². The fraction of sp³-hybridized carbons (Fsp3) is 0.593. The van der Waals surface area contributed by atoms with Gasteiger partial charge in [-0.2, -0.15) is 18.3 Å². The molecule has 2 aromatic rings. The van der Waals surface area contributed by atoms with Gasteiger partial charge in [0.05, 0.1) is 41.6 Å². The molecule has 11 heteroatoms. The molecule has 1 aliphatic carbocycles. The molecule has 2 aliphatic heterocycles. The Kier molecular flexibility index (Phi) is 8.42. The Hall–Kier alpha value is -2.59. The van der Waals surface area contributed by atoms with Crippen LogP contribution in [0.15, 0.2) is 30.5 Å². The highest BCUT2D eigenvalue weighted by Crippen LogP contribution is 2.45. The monoisotopic (exact) mass is 553 g/mol. The van der Waals surface area contributed by atoms with Crippen molar-refractivity contribution in [2.45, 2.75) is 62.7 Å². The van der Waals surface area contributed by atoms with E-state index in [0.29, 0.717) is 31.5 Å². The molecule has 0 spiro atoms. The van der Waals surface area contributed by atoms with Crippen LogP contribution in [0.1, 0.15) is 83.7 Å². The van der Waals surface area contributed by atoms with Gasteiger partial charge in [-0.1, -0.05) is 18.2 Å². The summed E-state index contributed by atoms with van der Waals surface area (Å²) in [6.45, 7) is 2.39. The largest absolute Gasteiger partial charge is 0.416 e. The van der Waals surface area contributed by atoms with E-state index in [2.05, 4.69) is 10.00 Å². The minimum atomic E-state index is -4.47. The summed E-state index contributed by atoms with van der Waals surface area (Å²) >= 11 is 0. The van der Waals surface area contributed by atoms with Crippen molar-refractivity contribution in [1.29, 1.82) is 0 Å². The lowest BCUT2D eigenvalue weighted by molar-refractivity contribution is -0.138. The van der Waals surface area contributed by atoms with Crippen LogP contribution in [0.2, 0.25) is 0 Å². The van der Waals surface area contributed by atoms with Crippen LogP contribution in [-0.2, 0) is 11.0 Å². The predicted octanol–water partition coefficient (Wildman–Crippen LogP) is 4.90. The summed E-state index contributed by atoms with van der Waals surface area (Å²) in [6.07, 6.45) is 1.98. The van der Waals surface area contributed by atoms with Crippen molar-refractivity contribution in [3.63, 3.8) is 0 Å². The van der Waals surface area contributed by atoms with E-state index in [1.807, 2.05) is 4.68 Å². The maximum absolute atomic E-state index is 13.8. The summed E-state index contributed by atoms with van der Waals surface area (Å²) < 4.78 is 43.2. The molecule has 1 atom stereocenters. The van der Waals surface area contributed by atoms with E-state index in [1.165, 1.54) is 12.1 Å². The Morgan fingerprint density at radius 3 is 2.34 bits per heavy atom. The number of piperidine rings is 1. The molecule has 7 nitrogen and oxygen atoms in total. The summed E-state index contributed by atoms with van der Waals surface area (Å²) in [5.41, 5.74) is 0.963. The number of hydrogen-bond donors (Lipinski definition) is 0. The Balaban J connectivity index is 0.00000336. The van der Waals surface area contributed by atoms with Crippen LogP contribution in [-0.4, -0.2) is 76.6 Å². The molecule has 208 valence electrons. The highest BCUT2D eigenvalue weighted by atomic mass is 35.5. The van der Waals surface area contributed by atoms with Crippen LogP contribution in [0, 0.1) is 0 Å². The van der Waals surface area contributed by atoms with Crippen molar-refractivity contribution in [2.24, 2.45) is 0 Å². The first-order valence-corrected chi connectivity index (χ1v) is 13.1. The topological polar surface area (TPSA) is 61.7 Å². The molecular formula is C27H35ClF3N5O2. The molecule has 2 saturated heterocycles. The number of likely N-dealkylation sites (N-methyl/N-ethyl adjacent to an activating group) is 1. The maximum atomic E-state index is 13.8. The van der Waals surface area contributed by atoms with E-state index in [4.69, 9.17) is 0 Å². The molecule has 1 unspecified atom stereocenters. The van der Waals surface area contributed by atoms with Crippen molar-refractivity contribution < 1.29 is 22.8 Å². The lowest BCUT2D eigenvalue weighted by Crippen LogP contribution is -2.41. The third kappa shape index (κ3) is 5.71. The molecule has 0 bridgehead atoms. The second-order valence-corrected chi connectivity index (χ2v) is 10.7. The highest BCUT2D eigenvalue weighted by molar-refractivity contribution is 5.96. The predicted molar refractivity (Wildman–Crippen MR) is 139 cm³/mol. The van der Waals surface area contributed by atoms with Gasteiger partial charge in [0, 0.05) is 39.6 Å². The fourth-order valence-corrected chi connectivity index (χ4v) is 5.78. The zero-order valence-corrected chi connectivity index (χ0v) is 22.6. The van der Waals surface area contributed by atoms with E-state index in [1.54, 1.807) is 36.2 Å². The van der Waals surface area contributed by atoms with E-state index < -0.39 is 17.8 Å². The Morgan fingerprint density at radius 2 is 1.71 bits per heavy atom. The summed E-state index contributed by atoms with van der Waals surface area (Å²) in [4.78, 5) is 31.3. The highest BCUT2D eigenvalue weighted by Gasteiger charge is 2.41. The molecule has 38 heavy (non-hydrogen) atoms. The van der Waals surface area contributed by atoms with E-state index in [0.717, 1.165) is 50.5 Å². The zero-order valence-electron chi connectivity index (χ0n) is 21.8. The number of rotatable bonds is 6. The molecule has 5 rings (SSSR count). The van der Waals surface area contributed by atoms with Gasteiger partial charge in [-0.05, 0) is 50.2 Å². The number of hydrogen-bond acceptors (Lipinski definition) is 4. The SMILES string of the molecule is CN(C)C(=O)CN1CCC(n2ncc(C(=O)N3CCCC3c3ccccc3C(F)(F)F)c2C2CC2)CC1.Cl. The summed E-state index contributed by atoms with van der Waals surface area (Å²) in [7, 11) is 3.51. The lowest BCUT2D eigenvalue weighted by atomic mass is 9.97. The molecule has 3 heterocycles. The number of carbonyl (C=O) groups excluding carboxylic acids is 2. The molecule has 3 aliphatic rings. The number of benzene rings is 1. The van der Waals surface area contributed by atoms with Gasteiger partial charge in [-0.15, -0.1) is 12.4 Å². The van der Waals surface area contributed by atoms with Gasteiger partial charge < -0.3 is 9.80 Å². The molecular weight excluding hydrogens is 519 g/mol. The minimum Gasteiger partial charge on any atom is -0.348 e. The van der Waals surface area contributed by atoms with Gasteiger partial charge in [-0.25, -0.2) is 0 Å². The van der Waals surface area contributed by atoms with E-state index >= 15 is 0 Å². The fourth-order valence-electron chi connectivity index (χ4n) is 5.78. The Morgan fingerprint density at radius 1 is 1.03 bits per heavy atom. The van der Waals surface area contributed by atoms with Crippen LogP contribution in [0.5, 0.6) is 0 Å². The number of carbonyl (C=O) groups is 2. The van der Waals surface area contributed by atoms with Crippen molar-refractivity contribution in [1.82, 2.24) is 24.5 Å². The zero-order chi connectivity index (χ0) is 26.3. The van der Waals surface area contributed by atoms with Crippen molar-refractivity contribution in [3.8, 4) is 0 Å². The standard InChI is InChI=1S/C27H34F3N5O2.ClH/c1-32(2)24(36)17-33-14-11-19(12-15-33)35-25(18-9-10-18)21(16-31-35)26(37)34-13-5-8-23(34)20-6-3-4-7-22(20)27(28,29)30;/h3-4,6-7,16,18-19,23H,5,8-15,17H2,1-2H3;1H. The van der Waals surface area contributed by atoms with Gasteiger partial charge in [0.25, 0.3) is 5.91 Å². The van der Waals surface area contributed by atoms with Crippen molar-refractivity contribution >= 4 is 24.2 Å². The van der Waals surface area contributed by atoms with Crippen molar-refractivity contribution in [2.75, 3.05) is 40.3 Å². The quantitative estimate of drug-likeness (QED) is 0.510. The van der Waals surface area contributed by atoms with Crippen LogP contribution in [0.4, 0.5) is 13.2 Å². The van der Waals surface area contributed by atoms with E-state index in [-0.39, 0.29) is 41.7 Å². The van der Waals surface area contributed by atoms with Crippen LogP contribution < -0.4 is 0 Å². The second-order valence-electron chi connectivity index (χ2n) is 10.7. The van der Waals surface area contributed by atoms with Gasteiger partial charge in [0.2, 0.25) is 5.91 Å². The average molecular weight is 554 g/mol. The van der Waals surface area contributed by atoms with E-state index in [9.17, 15) is 22.8 Å². The third-order valence-electron chi connectivity index (χ3n) is 7.93. The smallest absolute Gasteiger partial charge is 0.348 e. The molecule has 1 aromatic heterocycles. The van der Waals surface area contributed by atoms with Crippen LogP contribution in [0.25, 0.3) is 0 Å².